The number of hydrogen-bond donors (Lipinski definition) is 1. The van der Waals surface area contributed by atoms with E-state index in [1.54, 1.807) is 0 Å². The summed E-state index contributed by atoms with van der Waals surface area (Å²) in [6.45, 7) is 6.19. The van der Waals surface area contributed by atoms with Crippen LogP contribution in [0.2, 0.25) is 0 Å². The third-order valence-corrected chi connectivity index (χ3v) is 3.66. The van der Waals surface area contributed by atoms with E-state index in [4.69, 9.17) is 14.2 Å². The normalized spacial score (nSPS) is 22.9. The second-order valence-electron chi connectivity index (χ2n) is 4.97. The predicted molar refractivity (Wildman–Crippen MR) is 73.0 cm³/mol. The zero-order valence-electron chi connectivity index (χ0n) is 11.4. The average molecular weight is 263 g/mol. The molecular formula is C15H21NO3. The zero-order valence-corrected chi connectivity index (χ0v) is 11.4. The molecule has 1 unspecified atom stereocenters. The third-order valence-electron chi connectivity index (χ3n) is 3.66. The molecule has 2 aliphatic rings. The molecule has 1 saturated heterocycles. The van der Waals surface area contributed by atoms with Crippen LogP contribution in [-0.2, 0) is 11.2 Å². The Balaban J connectivity index is 1.95. The largest absolute Gasteiger partial charge is 0.490 e. The number of benzene rings is 1. The van der Waals surface area contributed by atoms with Crippen LogP contribution in [0, 0.1) is 0 Å². The second kappa shape index (κ2) is 5.80. The number of hydrogen-bond acceptors (Lipinski definition) is 4. The van der Waals surface area contributed by atoms with E-state index in [1.165, 1.54) is 11.1 Å². The molecule has 0 aliphatic carbocycles. The van der Waals surface area contributed by atoms with E-state index in [9.17, 15) is 0 Å². The summed E-state index contributed by atoms with van der Waals surface area (Å²) in [5, 5.41) is 3.38. The van der Waals surface area contributed by atoms with E-state index in [0.717, 1.165) is 57.3 Å². The van der Waals surface area contributed by atoms with Gasteiger partial charge in [0.2, 0.25) is 0 Å². The Morgan fingerprint density at radius 2 is 1.95 bits per heavy atom. The molecular weight excluding hydrogens is 242 g/mol. The highest BCUT2D eigenvalue weighted by Crippen LogP contribution is 2.36. The van der Waals surface area contributed by atoms with Crippen molar-refractivity contribution in [3.8, 4) is 11.5 Å². The van der Waals surface area contributed by atoms with Crippen molar-refractivity contribution < 1.29 is 14.2 Å². The summed E-state index contributed by atoms with van der Waals surface area (Å²) in [7, 11) is 0. The molecule has 1 N–H and O–H groups in total. The first kappa shape index (κ1) is 12.8. The molecule has 4 nitrogen and oxygen atoms in total. The van der Waals surface area contributed by atoms with Gasteiger partial charge in [-0.15, -0.1) is 0 Å². The maximum absolute atomic E-state index is 5.87. The Kier molecular flexibility index (Phi) is 3.89. The van der Waals surface area contributed by atoms with Crippen LogP contribution in [-0.4, -0.2) is 32.9 Å². The molecule has 1 aromatic carbocycles. The maximum Gasteiger partial charge on any atom is 0.161 e. The highest BCUT2D eigenvalue weighted by atomic mass is 16.5. The Morgan fingerprint density at radius 3 is 2.63 bits per heavy atom. The van der Waals surface area contributed by atoms with Crippen molar-refractivity contribution in [3.63, 3.8) is 0 Å². The van der Waals surface area contributed by atoms with Crippen LogP contribution in [0.3, 0.4) is 0 Å². The van der Waals surface area contributed by atoms with Gasteiger partial charge in [0.1, 0.15) is 0 Å². The van der Waals surface area contributed by atoms with Gasteiger partial charge in [0.05, 0.1) is 25.9 Å². The van der Waals surface area contributed by atoms with Crippen LogP contribution in [0.5, 0.6) is 11.5 Å². The van der Waals surface area contributed by atoms with Crippen LogP contribution < -0.4 is 14.8 Å². The third kappa shape index (κ3) is 2.69. The van der Waals surface area contributed by atoms with Crippen molar-refractivity contribution in [3.05, 3.63) is 23.3 Å². The first-order valence-electron chi connectivity index (χ1n) is 7.13. The summed E-state index contributed by atoms with van der Waals surface area (Å²) in [5.41, 5.74) is 2.52. The molecule has 1 atom stereocenters. The molecule has 0 radical (unpaired) electrons. The van der Waals surface area contributed by atoms with Gasteiger partial charge in [0.15, 0.2) is 11.5 Å². The van der Waals surface area contributed by atoms with Gasteiger partial charge in [-0.2, -0.15) is 0 Å². The lowest BCUT2D eigenvalue weighted by Crippen LogP contribution is -2.33. The summed E-state index contributed by atoms with van der Waals surface area (Å²) in [6, 6.07) is 4.23. The highest BCUT2D eigenvalue weighted by Gasteiger charge is 2.22. The maximum atomic E-state index is 5.87. The van der Waals surface area contributed by atoms with Gasteiger partial charge in [-0.25, -0.2) is 0 Å². The zero-order chi connectivity index (χ0) is 13.1. The molecule has 19 heavy (non-hydrogen) atoms. The van der Waals surface area contributed by atoms with E-state index in [-0.39, 0.29) is 6.10 Å². The fraction of sp³-hybridized carbons (Fsp3) is 0.600. The summed E-state index contributed by atoms with van der Waals surface area (Å²) in [4.78, 5) is 0. The fourth-order valence-electron chi connectivity index (χ4n) is 2.64. The second-order valence-corrected chi connectivity index (χ2v) is 4.97. The number of aryl methyl sites for hydroxylation is 1. The summed E-state index contributed by atoms with van der Waals surface area (Å²) in [5.74, 6) is 1.74. The Bertz CT molecular complexity index is 441. The number of ether oxygens (including phenoxy) is 3. The molecule has 0 bridgehead atoms. The molecule has 0 amide bonds. The predicted octanol–water partition coefficient (Wildman–Crippen LogP) is 2.07. The van der Waals surface area contributed by atoms with Crippen LogP contribution in [0.15, 0.2) is 12.1 Å². The standard InChI is InChI=1S/C15H21NO3/c1-2-11-8-13-14(18-6-3-5-17-13)9-12(11)15-10-16-4-7-19-15/h8-9,15-16H,2-7,10H2,1H3. The molecule has 104 valence electrons. The summed E-state index contributed by atoms with van der Waals surface area (Å²) >= 11 is 0. The van der Waals surface area contributed by atoms with E-state index in [2.05, 4.69) is 24.4 Å². The molecule has 1 fully saturated rings. The van der Waals surface area contributed by atoms with E-state index >= 15 is 0 Å². The van der Waals surface area contributed by atoms with Crippen molar-refractivity contribution in [2.24, 2.45) is 0 Å². The number of fused-ring (bicyclic) bond motifs is 1. The molecule has 2 aliphatic heterocycles. The number of morpholine rings is 1. The van der Waals surface area contributed by atoms with Gasteiger partial charge in [-0.05, 0) is 29.7 Å². The topological polar surface area (TPSA) is 39.7 Å². The van der Waals surface area contributed by atoms with Crippen molar-refractivity contribution in [1.82, 2.24) is 5.32 Å². The molecule has 3 rings (SSSR count). The number of nitrogens with one attached hydrogen (secondary N) is 1. The van der Waals surface area contributed by atoms with Crippen LogP contribution in [0.4, 0.5) is 0 Å². The molecule has 0 spiro atoms. The first-order valence-corrected chi connectivity index (χ1v) is 7.13. The smallest absolute Gasteiger partial charge is 0.161 e. The molecule has 2 heterocycles. The SMILES string of the molecule is CCc1cc2c(cc1C1CNCCO1)OCCCO2. The van der Waals surface area contributed by atoms with Gasteiger partial charge >= 0.3 is 0 Å². The molecule has 0 aromatic heterocycles. The van der Waals surface area contributed by atoms with Gasteiger partial charge in [0, 0.05) is 19.5 Å². The van der Waals surface area contributed by atoms with Gasteiger partial charge in [-0.1, -0.05) is 6.92 Å². The Hall–Kier alpha value is -1.26. The van der Waals surface area contributed by atoms with E-state index < -0.39 is 0 Å². The van der Waals surface area contributed by atoms with Gasteiger partial charge in [-0.3, -0.25) is 0 Å². The number of rotatable bonds is 2. The lowest BCUT2D eigenvalue weighted by atomic mass is 9.98. The Labute approximate surface area is 114 Å². The van der Waals surface area contributed by atoms with Crippen molar-refractivity contribution in [2.45, 2.75) is 25.9 Å². The summed E-state index contributed by atoms with van der Waals surface area (Å²) < 4.78 is 17.4. The quantitative estimate of drug-likeness (QED) is 0.886. The minimum absolute atomic E-state index is 0.126. The minimum atomic E-state index is 0.126. The highest BCUT2D eigenvalue weighted by molar-refractivity contribution is 5.48. The van der Waals surface area contributed by atoms with Crippen molar-refractivity contribution in [1.29, 1.82) is 0 Å². The van der Waals surface area contributed by atoms with Crippen LogP contribution >= 0.6 is 0 Å². The molecule has 4 heteroatoms. The van der Waals surface area contributed by atoms with Crippen molar-refractivity contribution >= 4 is 0 Å². The monoisotopic (exact) mass is 263 g/mol. The molecule has 0 saturated carbocycles. The lowest BCUT2D eigenvalue weighted by Gasteiger charge is -2.26. The van der Waals surface area contributed by atoms with Crippen molar-refractivity contribution in [2.75, 3.05) is 32.9 Å². The van der Waals surface area contributed by atoms with Crippen LogP contribution in [0.25, 0.3) is 0 Å². The Morgan fingerprint density at radius 1 is 1.16 bits per heavy atom. The lowest BCUT2D eigenvalue weighted by molar-refractivity contribution is 0.0270. The van der Waals surface area contributed by atoms with Gasteiger partial charge < -0.3 is 19.5 Å². The van der Waals surface area contributed by atoms with E-state index in [0.29, 0.717) is 0 Å². The minimum Gasteiger partial charge on any atom is -0.490 e. The first-order chi connectivity index (χ1) is 9.38. The van der Waals surface area contributed by atoms with E-state index in [1.807, 2.05) is 0 Å². The molecule has 1 aromatic rings. The van der Waals surface area contributed by atoms with Gasteiger partial charge in [0.25, 0.3) is 0 Å². The average Bonchev–Trinajstić information content (AvgIpc) is 2.71. The summed E-state index contributed by atoms with van der Waals surface area (Å²) in [6.07, 6.45) is 2.04. The van der Waals surface area contributed by atoms with Crippen LogP contribution in [0.1, 0.15) is 30.6 Å². The fourth-order valence-corrected chi connectivity index (χ4v) is 2.64.